The van der Waals surface area contributed by atoms with E-state index in [0.717, 1.165) is 38.6 Å². The van der Waals surface area contributed by atoms with Crippen molar-refractivity contribution < 1.29 is 8.91 Å². The zero-order valence-electron chi connectivity index (χ0n) is 16.5. The largest absolute Gasteiger partial charge is 0.339 e. The van der Waals surface area contributed by atoms with E-state index < -0.39 is 0 Å². The van der Waals surface area contributed by atoms with Gasteiger partial charge in [-0.1, -0.05) is 35.5 Å². The molecule has 0 amide bonds. The summed E-state index contributed by atoms with van der Waals surface area (Å²) in [4.78, 5) is 13.2. The third kappa shape index (κ3) is 3.56. The van der Waals surface area contributed by atoms with E-state index in [0.29, 0.717) is 17.9 Å². The number of likely N-dealkylation sites (tertiary alicyclic amines) is 2. The summed E-state index contributed by atoms with van der Waals surface area (Å²) in [6.07, 6.45) is 2.93. The summed E-state index contributed by atoms with van der Waals surface area (Å²) in [7, 11) is 0. The predicted octanol–water partition coefficient (Wildman–Crippen LogP) is 3.01. The summed E-state index contributed by atoms with van der Waals surface area (Å²) in [6.45, 7) is 7.03. The zero-order valence-corrected chi connectivity index (χ0v) is 16.5. The van der Waals surface area contributed by atoms with E-state index >= 15 is 0 Å². The second-order valence-corrected chi connectivity index (χ2v) is 8.36. The number of rotatable bonds is 5. The Balaban J connectivity index is 1.33. The van der Waals surface area contributed by atoms with Gasteiger partial charge in [-0.3, -0.25) is 14.8 Å². The van der Waals surface area contributed by atoms with Gasteiger partial charge in [0, 0.05) is 56.4 Å². The van der Waals surface area contributed by atoms with Gasteiger partial charge in [0.25, 0.3) is 0 Å². The van der Waals surface area contributed by atoms with Gasteiger partial charge in [0.15, 0.2) is 5.82 Å². The van der Waals surface area contributed by atoms with Crippen LogP contribution >= 0.6 is 0 Å². The molecule has 1 atom stereocenters. The van der Waals surface area contributed by atoms with Crippen molar-refractivity contribution in [1.82, 2.24) is 24.9 Å². The van der Waals surface area contributed by atoms with Crippen LogP contribution in [0.1, 0.15) is 28.8 Å². The first-order valence-corrected chi connectivity index (χ1v) is 9.98. The van der Waals surface area contributed by atoms with Crippen LogP contribution in [0.2, 0.25) is 0 Å². The molecule has 3 aromatic rings. The average Bonchev–Trinajstić information content (AvgIpc) is 3.28. The van der Waals surface area contributed by atoms with Crippen molar-refractivity contribution in [2.24, 2.45) is 5.41 Å². The van der Waals surface area contributed by atoms with Crippen molar-refractivity contribution in [1.29, 1.82) is 0 Å². The normalized spacial score (nSPS) is 21.5. The first kappa shape index (κ1) is 18.4. The summed E-state index contributed by atoms with van der Waals surface area (Å²) in [5, 5.41) is 4.02. The maximum Gasteiger partial charge on any atom is 0.231 e. The molecule has 150 valence electrons. The Morgan fingerprint density at radius 3 is 2.62 bits per heavy atom. The second kappa shape index (κ2) is 7.31. The van der Waals surface area contributed by atoms with Crippen LogP contribution < -0.4 is 0 Å². The second-order valence-electron chi connectivity index (χ2n) is 8.36. The number of aryl methyl sites for hydroxylation is 1. The molecule has 4 heterocycles. The van der Waals surface area contributed by atoms with Crippen molar-refractivity contribution in [3.05, 3.63) is 77.5 Å². The number of benzene rings is 1. The minimum atomic E-state index is -0.241. The highest BCUT2D eigenvalue weighted by Crippen LogP contribution is 2.49. The topological polar surface area (TPSA) is 58.3 Å². The minimum absolute atomic E-state index is 0.0667. The SMILES string of the molecule is Cc1noc(C2CN(Cc3ccccc3)CC23CN(Cc2ccncc2F)C3)n1. The van der Waals surface area contributed by atoms with E-state index in [1.165, 1.54) is 11.8 Å². The summed E-state index contributed by atoms with van der Waals surface area (Å²) in [5.74, 6) is 1.36. The lowest BCUT2D eigenvalue weighted by Gasteiger charge is -2.50. The fourth-order valence-electron chi connectivity index (χ4n) is 4.88. The maximum atomic E-state index is 14.0. The molecular formula is C22H24FN5O. The summed E-state index contributed by atoms with van der Waals surface area (Å²) < 4.78 is 19.6. The molecule has 7 heteroatoms. The summed E-state index contributed by atoms with van der Waals surface area (Å²) >= 11 is 0. The van der Waals surface area contributed by atoms with Crippen LogP contribution in [0.3, 0.4) is 0 Å². The lowest BCUT2D eigenvalue weighted by atomic mass is 9.71. The number of hydrogen-bond donors (Lipinski definition) is 0. The molecule has 2 aliphatic rings. The highest BCUT2D eigenvalue weighted by Gasteiger charge is 2.56. The van der Waals surface area contributed by atoms with Crippen LogP contribution in [0.5, 0.6) is 0 Å². The van der Waals surface area contributed by atoms with Crippen molar-refractivity contribution >= 4 is 0 Å². The van der Waals surface area contributed by atoms with E-state index in [1.54, 1.807) is 12.3 Å². The van der Waals surface area contributed by atoms with Crippen LogP contribution in [0, 0.1) is 18.2 Å². The van der Waals surface area contributed by atoms with Crippen LogP contribution in [0.25, 0.3) is 0 Å². The van der Waals surface area contributed by atoms with Crippen LogP contribution in [-0.2, 0) is 13.1 Å². The van der Waals surface area contributed by atoms with E-state index in [4.69, 9.17) is 4.52 Å². The monoisotopic (exact) mass is 393 g/mol. The van der Waals surface area contributed by atoms with Gasteiger partial charge in [0.2, 0.25) is 5.89 Å². The summed E-state index contributed by atoms with van der Waals surface area (Å²) in [5.41, 5.74) is 2.07. The molecule has 1 spiro atoms. The van der Waals surface area contributed by atoms with Gasteiger partial charge in [0.1, 0.15) is 5.82 Å². The zero-order chi connectivity index (χ0) is 19.8. The Kier molecular flexibility index (Phi) is 4.64. The van der Waals surface area contributed by atoms with Crippen LogP contribution in [-0.4, -0.2) is 51.1 Å². The molecule has 1 unspecified atom stereocenters. The van der Waals surface area contributed by atoms with E-state index in [-0.39, 0.29) is 17.2 Å². The lowest BCUT2D eigenvalue weighted by molar-refractivity contribution is -0.0156. The number of halogens is 1. The van der Waals surface area contributed by atoms with E-state index in [1.807, 2.05) is 13.0 Å². The van der Waals surface area contributed by atoms with Gasteiger partial charge in [-0.2, -0.15) is 4.98 Å². The molecule has 6 nitrogen and oxygen atoms in total. The lowest BCUT2D eigenvalue weighted by Crippen LogP contribution is -2.59. The number of hydrogen-bond acceptors (Lipinski definition) is 6. The molecule has 2 fully saturated rings. The number of pyridine rings is 1. The fourth-order valence-corrected chi connectivity index (χ4v) is 4.88. The quantitative estimate of drug-likeness (QED) is 0.664. The molecule has 5 rings (SSSR count). The Morgan fingerprint density at radius 2 is 1.90 bits per heavy atom. The smallest absolute Gasteiger partial charge is 0.231 e. The van der Waals surface area contributed by atoms with E-state index in [2.05, 4.69) is 49.2 Å². The third-order valence-electron chi connectivity index (χ3n) is 6.14. The molecule has 0 bridgehead atoms. The van der Waals surface area contributed by atoms with Gasteiger partial charge < -0.3 is 4.52 Å². The predicted molar refractivity (Wildman–Crippen MR) is 105 cm³/mol. The molecule has 29 heavy (non-hydrogen) atoms. The highest BCUT2D eigenvalue weighted by atomic mass is 19.1. The molecule has 2 aromatic heterocycles. The van der Waals surface area contributed by atoms with E-state index in [9.17, 15) is 4.39 Å². The molecule has 1 aromatic carbocycles. The van der Waals surface area contributed by atoms with Crippen molar-refractivity contribution in [3.63, 3.8) is 0 Å². The Hall–Kier alpha value is -2.64. The fraction of sp³-hybridized carbons (Fsp3) is 0.409. The third-order valence-corrected chi connectivity index (χ3v) is 6.14. The van der Waals surface area contributed by atoms with Gasteiger partial charge in [-0.25, -0.2) is 4.39 Å². The Morgan fingerprint density at radius 1 is 1.10 bits per heavy atom. The molecular weight excluding hydrogens is 369 g/mol. The standard InChI is InChI=1S/C22H24FN5O/c1-16-25-21(29-26-16)19-12-27(10-17-5-3-2-4-6-17)13-22(19)14-28(15-22)11-18-7-8-24-9-20(18)23/h2-9,19H,10-15H2,1H3. The Labute approximate surface area is 169 Å². The molecule has 0 N–H and O–H groups in total. The van der Waals surface area contributed by atoms with Crippen molar-refractivity contribution in [2.45, 2.75) is 25.9 Å². The van der Waals surface area contributed by atoms with Crippen LogP contribution in [0.15, 0.2) is 53.3 Å². The molecule has 0 saturated carbocycles. The maximum absolute atomic E-state index is 14.0. The number of aromatic nitrogens is 3. The van der Waals surface area contributed by atoms with Gasteiger partial charge in [-0.05, 0) is 18.6 Å². The van der Waals surface area contributed by atoms with Gasteiger partial charge in [-0.15, -0.1) is 0 Å². The van der Waals surface area contributed by atoms with Gasteiger partial charge >= 0.3 is 0 Å². The first-order valence-electron chi connectivity index (χ1n) is 9.98. The van der Waals surface area contributed by atoms with Crippen molar-refractivity contribution in [2.75, 3.05) is 26.2 Å². The average molecular weight is 393 g/mol. The first-order chi connectivity index (χ1) is 14.1. The number of nitrogens with zero attached hydrogens (tertiary/aromatic N) is 5. The van der Waals surface area contributed by atoms with Crippen LogP contribution in [0.4, 0.5) is 4.39 Å². The molecule has 0 radical (unpaired) electrons. The molecule has 0 aliphatic carbocycles. The molecule has 2 aliphatic heterocycles. The minimum Gasteiger partial charge on any atom is -0.339 e. The van der Waals surface area contributed by atoms with Gasteiger partial charge in [0.05, 0.1) is 12.1 Å². The van der Waals surface area contributed by atoms with Crippen molar-refractivity contribution in [3.8, 4) is 0 Å². The molecule has 2 saturated heterocycles. The Bertz CT molecular complexity index is 986. The summed E-state index contributed by atoms with van der Waals surface area (Å²) in [6, 6.07) is 12.3. The highest BCUT2D eigenvalue weighted by molar-refractivity contribution is 5.20.